The Kier molecular flexibility index (Phi) is 6.23. The minimum absolute atomic E-state index is 0.691. The van der Waals surface area contributed by atoms with Crippen molar-refractivity contribution in [2.75, 3.05) is 31.1 Å². The van der Waals surface area contributed by atoms with Crippen molar-refractivity contribution in [2.24, 2.45) is 0 Å². The molecule has 1 aliphatic rings. The molecule has 0 unspecified atom stereocenters. The lowest BCUT2D eigenvalue weighted by molar-refractivity contribution is 0.344. The summed E-state index contributed by atoms with van der Waals surface area (Å²) in [7, 11) is 0. The minimum Gasteiger partial charge on any atom is -0.364 e. The highest BCUT2D eigenvalue weighted by molar-refractivity contribution is 5.46. The molecule has 1 saturated heterocycles. The fraction of sp³-hybridized carbons (Fsp3) is 0.333. The van der Waals surface area contributed by atoms with E-state index in [2.05, 4.69) is 55.8 Å². The summed E-state index contributed by atoms with van der Waals surface area (Å²) in [4.78, 5) is 9.42. The normalized spacial score (nSPS) is 14.0. The van der Waals surface area contributed by atoms with Crippen LogP contribution in [0.5, 0.6) is 0 Å². The smallest absolute Gasteiger partial charge is 0.0991 e. The first-order valence-corrected chi connectivity index (χ1v) is 10.3. The van der Waals surface area contributed by atoms with Crippen molar-refractivity contribution in [2.45, 2.75) is 25.9 Å². The van der Waals surface area contributed by atoms with Crippen LogP contribution < -0.4 is 4.90 Å². The molecule has 29 heavy (non-hydrogen) atoms. The molecule has 1 fully saturated rings. The van der Waals surface area contributed by atoms with Gasteiger partial charge in [0.1, 0.15) is 0 Å². The van der Waals surface area contributed by atoms with Gasteiger partial charge in [-0.15, -0.1) is 0 Å². The van der Waals surface area contributed by atoms with E-state index < -0.39 is 0 Å². The number of aromatic nitrogens is 2. The second-order valence-electron chi connectivity index (χ2n) is 7.63. The van der Waals surface area contributed by atoms with Crippen molar-refractivity contribution < 1.29 is 0 Å². The largest absolute Gasteiger partial charge is 0.364 e. The van der Waals surface area contributed by atoms with E-state index in [0.717, 1.165) is 26.2 Å². The van der Waals surface area contributed by atoms with Crippen LogP contribution in [0.2, 0.25) is 0 Å². The predicted molar refractivity (Wildman–Crippen MR) is 116 cm³/mol. The summed E-state index contributed by atoms with van der Waals surface area (Å²) < 4.78 is 2.20. The molecule has 0 radical (unpaired) electrons. The highest BCUT2D eigenvalue weighted by Gasteiger charge is 2.15. The summed E-state index contributed by atoms with van der Waals surface area (Å²) in [6, 6.07) is 20.6. The SMILES string of the molecule is N#Cc1ccc(Cn2cncc2CN(CCN2CCCC2)c2ccccc2)cc1. The summed E-state index contributed by atoms with van der Waals surface area (Å²) >= 11 is 0. The van der Waals surface area contributed by atoms with Crippen LogP contribution in [-0.2, 0) is 13.1 Å². The number of para-hydroxylation sites is 1. The molecule has 0 N–H and O–H groups in total. The maximum Gasteiger partial charge on any atom is 0.0991 e. The quantitative estimate of drug-likeness (QED) is 0.590. The maximum atomic E-state index is 8.99. The number of likely N-dealkylation sites (tertiary alicyclic amines) is 1. The van der Waals surface area contributed by atoms with Gasteiger partial charge in [0.25, 0.3) is 0 Å². The second-order valence-corrected chi connectivity index (χ2v) is 7.63. The van der Waals surface area contributed by atoms with Gasteiger partial charge in [0, 0.05) is 31.5 Å². The molecule has 4 rings (SSSR count). The second kappa shape index (κ2) is 9.40. The number of benzene rings is 2. The molecular formula is C24H27N5. The molecule has 0 aliphatic carbocycles. The van der Waals surface area contributed by atoms with Gasteiger partial charge in [0.2, 0.25) is 0 Å². The first-order valence-electron chi connectivity index (χ1n) is 10.3. The molecule has 2 heterocycles. The Morgan fingerprint density at radius 3 is 2.48 bits per heavy atom. The van der Waals surface area contributed by atoms with Crippen LogP contribution in [0.25, 0.3) is 0 Å². The van der Waals surface area contributed by atoms with Crippen molar-refractivity contribution in [1.29, 1.82) is 5.26 Å². The molecule has 5 heteroatoms. The van der Waals surface area contributed by atoms with Crippen molar-refractivity contribution in [3.63, 3.8) is 0 Å². The van der Waals surface area contributed by atoms with Crippen LogP contribution in [0.3, 0.4) is 0 Å². The third kappa shape index (κ3) is 5.04. The molecule has 148 valence electrons. The molecule has 1 aromatic heterocycles. The molecule has 0 amide bonds. The van der Waals surface area contributed by atoms with Gasteiger partial charge in [0.05, 0.1) is 30.2 Å². The van der Waals surface area contributed by atoms with Gasteiger partial charge < -0.3 is 14.4 Å². The van der Waals surface area contributed by atoms with E-state index in [1.165, 1.54) is 42.9 Å². The molecule has 0 saturated carbocycles. The third-order valence-corrected chi connectivity index (χ3v) is 5.59. The van der Waals surface area contributed by atoms with Gasteiger partial charge in [-0.05, 0) is 55.8 Å². The molecule has 0 spiro atoms. The van der Waals surface area contributed by atoms with Crippen LogP contribution in [-0.4, -0.2) is 40.6 Å². The zero-order chi connectivity index (χ0) is 19.9. The summed E-state index contributed by atoms with van der Waals surface area (Å²) in [5.41, 5.74) is 4.31. The van der Waals surface area contributed by atoms with E-state index >= 15 is 0 Å². The number of hydrogen-bond donors (Lipinski definition) is 0. The molecule has 5 nitrogen and oxygen atoms in total. The van der Waals surface area contributed by atoms with Gasteiger partial charge >= 0.3 is 0 Å². The Bertz CT molecular complexity index is 933. The summed E-state index contributed by atoms with van der Waals surface area (Å²) in [6.45, 7) is 6.13. The minimum atomic E-state index is 0.691. The fourth-order valence-electron chi connectivity index (χ4n) is 3.91. The van der Waals surface area contributed by atoms with E-state index in [-0.39, 0.29) is 0 Å². The lowest BCUT2D eigenvalue weighted by atomic mass is 10.1. The van der Waals surface area contributed by atoms with E-state index in [1.807, 2.05) is 36.8 Å². The number of imidazole rings is 1. The van der Waals surface area contributed by atoms with Gasteiger partial charge in [0.15, 0.2) is 0 Å². The number of anilines is 1. The predicted octanol–water partition coefficient (Wildman–Crippen LogP) is 3.91. The van der Waals surface area contributed by atoms with Gasteiger partial charge in [-0.3, -0.25) is 0 Å². The summed E-state index contributed by atoms with van der Waals surface area (Å²) in [5.74, 6) is 0. The third-order valence-electron chi connectivity index (χ3n) is 5.59. The van der Waals surface area contributed by atoms with Gasteiger partial charge in [-0.2, -0.15) is 5.26 Å². The average molecular weight is 386 g/mol. The first kappa shape index (κ1) is 19.2. The van der Waals surface area contributed by atoms with Crippen molar-refractivity contribution >= 4 is 5.69 Å². The van der Waals surface area contributed by atoms with Crippen LogP contribution in [0.1, 0.15) is 29.7 Å². The van der Waals surface area contributed by atoms with E-state index in [1.54, 1.807) is 0 Å². The summed E-state index contributed by atoms with van der Waals surface area (Å²) in [5, 5.41) is 8.99. The lowest BCUT2D eigenvalue weighted by Crippen LogP contribution is -2.34. The molecule has 2 aromatic carbocycles. The topological polar surface area (TPSA) is 48.1 Å². The van der Waals surface area contributed by atoms with E-state index in [0.29, 0.717) is 5.56 Å². The van der Waals surface area contributed by atoms with Crippen LogP contribution in [0, 0.1) is 11.3 Å². The lowest BCUT2D eigenvalue weighted by Gasteiger charge is -2.27. The van der Waals surface area contributed by atoms with E-state index in [4.69, 9.17) is 5.26 Å². The Morgan fingerprint density at radius 2 is 1.76 bits per heavy atom. The van der Waals surface area contributed by atoms with Crippen LogP contribution in [0.4, 0.5) is 5.69 Å². The Hall–Kier alpha value is -3.10. The molecule has 0 bridgehead atoms. The number of nitrogens with zero attached hydrogens (tertiary/aromatic N) is 5. The zero-order valence-corrected chi connectivity index (χ0v) is 16.7. The number of rotatable bonds is 8. The summed E-state index contributed by atoms with van der Waals surface area (Å²) in [6.07, 6.45) is 6.51. The van der Waals surface area contributed by atoms with Crippen molar-refractivity contribution in [3.05, 3.63) is 83.9 Å². The average Bonchev–Trinajstić information content (AvgIpc) is 3.44. The number of hydrogen-bond acceptors (Lipinski definition) is 4. The maximum absolute atomic E-state index is 8.99. The Morgan fingerprint density at radius 1 is 1.00 bits per heavy atom. The monoisotopic (exact) mass is 385 g/mol. The zero-order valence-electron chi connectivity index (χ0n) is 16.7. The molecule has 3 aromatic rings. The van der Waals surface area contributed by atoms with Crippen molar-refractivity contribution in [3.8, 4) is 6.07 Å². The fourth-order valence-corrected chi connectivity index (χ4v) is 3.91. The highest BCUT2D eigenvalue weighted by Crippen LogP contribution is 2.18. The Labute approximate surface area is 172 Å². The van der Waals surface area contributed by atoms with E-state index in [9.17, 15) is 0 Å². The molecule has 0 atom stereocenters. The Balaban J connectivity index is 1.48. The van der Waals surface area contributed by atoms with Crippen molar-refractivity contribution in [1.82, 2.24) is 14.5 Å². The van der Waals surface area contributed by atoms with Gasteiger partial charge in [-0.1, -0.05) is 30.3 Å². The van der Waals surface area contributed by atoms with Crippen LogP contribution in [0.15, 0.2) is 67.1 Å². The van der Waals surface area contributed by atoms with Crippen LogP contribution >= 0.6 is 0 Å². The number of nitriles is 1. The molecular weight excluding hydrogens is 358 g/mol. The first-order chi connectivity index (χ1) is 14.3. The molecule has 1 aliphatic heterocycles. The standard InChI is InChI=1S/C24H27N5/c25-16-21-8-10-22(11-9-21)18-29-20-26-17-24(29)19-28(23-6-2-1-3-7-23)15-14-27-12-4-5-13-27/h1-3,6-11,17,20H,4-5,12-15,18-19H2. The highest BCUT2D eigenvalue weighted by atomic mass is 15.2. The van der Waals surface area contributed by atoms with Gasteiger partial charge in [-0.25, -0.2) is 4.98 Å².